The van der Waals surface area contributed by atoms with Crippen molar-refractivity contribution < 1.29 is 18.0 Å². The van der Waals surface area contributed by atoms with Crippen molar-refractivity contribution in [1.29, 1.82) is 0 Å². The van der Waals surface area contributed by atoms with Crippen molar-refractivity contribution in [3.63, 3.8) is 0 Å². The summed E-state index contributed by atoms with van der Waals surface area (Å²) in [6, 6.07) is -1.27. The van der Waals surface area contributed by atoms with E-state index in [1.54, 1.807) is 6.92 Å². The molecule has 3 atom stereocenters. The van der Waals surface area contributed by atoms with Crippen LogP contribution in [0.5, 0.6) is 0 Å². The first kappa shape index (κ1) is 16.3. The third-order valence-electron chi connectivity index (χ3n) is 3.47. The van der Waals surface area contributed by atoms with Crippen molar-refractivity contribution >= 4 is 5.91 Å². The van der Waals surface area contributed by atoms with Gasteiger partial charge in [-0.25, -0.2) is 0 Å². The number of hydrogen-bond donors (Lipinski definition) is 2. The highest BCUT2D eigenvalue weighted by Crippen LogP contribution is 2.37. The van der Waals surface area contributed by atoms with E-state index in [0.29, 0.717) is 12.8 Å². The molecule has 0 aromatic heterocycles. The Labute approximate surface area is 112 Å². The van der Waals surface area contributed by atoms with Gasteiger partial charge in [0, 0.05) is 12.1 Å². The summed E-state index contributed by atoms with van der Waals surface area (Å²) in [5, 5.41) is 5.55. The fourth-order valence-electron chi connectivity index (χ4n) is 2.53. The minimum absolute atomic E-state index is 0.0125. The van der Waals surface area contributed by atoms with Crippen LogP contribution in [-0.4, -0.2) is 30.2 Å². The van der Waals surface area contributed by atoms with Gasteiger partial charge < -0.3 is 10.6 Å². The van der Waals surface area contributed by atoms with Crippen LogP contribution < -0.4 is 10.6 Å². The largest absolute Gasteiger partial charge is 0.393 e. The number of rotatable bonds is 4. The van der Waals surface area contributed by atoms with Gasteiger partial charge in [-0.05, 0) is 33.6 Å². The standard InChI is InChI=1S/C13H23F3N2O/c1-8(2)17-12(19)9(3)18-11-7-5-4-6-10(11)13(14,15)16/h8-11,18H,4-7H2,1-3H3,(H,17,19). The van der Waals surface area contributed by atoms with Crippen LogP contribution in [0.1, 0.15) is 46.5 Å². The van der Waals surface area contributed by atoms with E-state index in [0.717, 1.165) is 6.42 Å². The molecule has 1 saturated carbocycles. The number of hydrogen-bond acceptors (Lipinski definition) is 2. The zero-order valence-corrected chi connectivity index (χ0v) is 11.7. The van der Waals surface area contributed by atoms with E-state index >= 15 is 0 Å². The number of alkyl halides is 3. The normalized spacial score (nSPS) is 26.3. The molecule has 1 aliphatic rings. The van der Waals surface area contributed by atoms with Crippen molar-refractivity contribution in [3.8, 4) is 0 Å². The van der Waals surface area contributed by atoms with E-state index in [-0.39, 0.29) is 18.4 Å². The molecule has 0 aliphatic heterocycles. The van der Waals surface area contributed by atoms with Crippen LogP contribution in [0.2, 0.25) is 0 Å². The average molecular weight is 280 g/mol. The summed E-state index contributed by atoms with van der Waals surface area (Å²) in [6.45, 7) is 5.26. The van der Waals surface area contributed by atoms with Crippen LogP contribution in [0.4, 0.5) is 13.2 Å². The minimum atomic E-state index is -4.19. The molecular formula is C13H23F3N2O. The van der Waals surface area contributed by atoms with Gasteiger partial charge in [0.25, 0.3) is 0 Å². The zero-order chi connectivity index (χ0) is 14.6. The summed E-state index contributed by atoms with van der Waals surface area (Å²) in [5.41, 5.74) is 0. The topological polar surface area (TPSA) is 41.1 Å². The molecule has 3 unspecified atom stereocenters. The van der Waals surface area contributed by atoms with Gasteiger partial charge in [0.1, 0.15) is 0 Å². The third kappa shape index (κ3) is 5.01. The molecule has 0 spiro atoms. The van der Waals surface area contributed by atoms with E-state index in [1.165, 1.54) is 0 Å². The highest BCUT2D eigenvalue weighted by atomic mass is 19.4. The first-order valence-electron chi connectivity index (χ1n) is 6.85. The number of amides is 1. The molecule has 0 bridgehead atoms. The van der Waals surface area contributed by atoms with Gasteiger partial charge >= 0.3 is 6.18 Å². The maximum atomic E-state index is 12.9. The van der Waals surface area contributed by atoms with Crippen LogP contribution in [0.25, 0.3) is 0 Å². The van der Waals surface area contributed by atoms with Gasteiger partial charge in [0.2, 0.25) is 5.91 Å². The molecule has 1 fully saturated rings. The van der Waals surface area contributed by atoms with Crippen LogP contribution in [0.15, 0.2) is 0 Å². The molecule has 0 radical (unpaired) electrons. The SMILES string of the molecule is CC(C)NC(=O)C(C)NC1CCCCC1C(F)(F)F. The van der Waals surface area contributed by atoms with Gasteiger partial charge in [0.05, 0.1) is 12.0 Å². The minimum Gasteiger partial charge on any atom is -0.353 e. The highest BCUT2D eigenvalue weighted by Gasteiger charge is 2.45. The first-order chi connectivity index (χ1) is 8.71. The lowest BCUT2D eigenvalue weighted by atomic mass is 9.83. The molecule has 0 saturated heterocycles. The van der Waals surface area contributed by atoms with E-state index in [9.17, 15) is 18.0 Å². The summed E-state index contributed by atoms with van der Waals surface area (Å²) >= 11 is 0. The third-order valence-corrected chi connectivity index (χ3v) is 3.47. The Hall–Kier alpha value is -0.780. The number of carbonyl (C=O) groups excluding carboxylic acids is 1. The summed E-state index contributed by atoms with van der Waals surface area (Å²) in [5.74, 6) is -1.59. The Balaban J connectivity index is 2.60. The average Bonchev–Trinajstić information content (AvgIpc) is 2.27. The number of halogens is 3. The Morgan fingerprint density at radius 3 is 2.26 bits per heavy atom. The van der Waals surface area contributed by atoms with Crippen molar-refractivity contribution in [3.05, 3.63) is 0 Å². The fourth-order valence-corrected chi connectivity index (χ4v) is 2.53. The predicted molar refractivity (Wildman–Crippen MR) is 67.7 cm³/mol. The molecule has 3 nitrogen and oxygen atoms in total. The summed E-state index contributed by atoms with van der Waals surface area (Å²) in [7, 11) is 0. The van der Waals surface area contributed by atoms with Gasteiger partial charge in [-0.3, -0.25) is 4.79 Å². The van der Waals surface area contributed by atoms with Crippen LogP contribution in [-0.2, 0) is 4.79 Å². The van der Waals surface area contributed by atoms with Gasteiger partial charge in [-0.1, -0.05) is 12.8 Å². The summed E-state index contributed by atoms with van der Waals surface area (Å²) in [4.78, 5) is 11.7. The van der Waals surface area contributed by atoms with E-state index in [4.69, 9.17) is 0 Å². The molecule has 1 amide bonds. The van der Waals surface area contributed by atoms with Crippen molar-refractivity contribution in [2.75, 3.05) is 0 Å². The van der Waals surface area contributed by atoms with Gasteiger partial charge in [0.15, 0.2) is 0 Å². The Morgan fingerprint density at radius 1 is 1.16 bits per heavy atom. The molecule has 0 heterocycles. The fraction of sp³-hybridized carbons (Fsp3) is 0.923. The summed E-state index contributed by atoms with van der Waals surface area (Å²) < 4.78 is 38.7. The van der Waals surface area contributed by atoms with Crippen LogP contribution in [0, 0.1) is 5.92 Å². The highest BCUT2D eigenvalue weighted by molar-refractivity contribution is 5.81. The number of carbonyl (C=O) groups is 1. The molecule has 19 heavy (non-hydrogen) atoms. The van der Waals surface area contributed by atoms with E-state index in [1.807, 2.05) is 13.8 Å². The maximum absolute atomic E-state index is 12.9. The maximum Gasteiger partial charge on any atom is 0.393 e. The molecule has 2 N–H and O–H groups in total. The quantitative estimate of drug-likeness (QED) is 0.831. The van der Waals surface area contributed by atoms with E-state index in [2.05, 4.69) is 10.6 Å². The lowest BCUT2D eigenvalue weighted by Crippen LogP contribution is -2.53. The lowest BCUT2D eigenvalue weighted by molar-refractivity contribution is -0.189. The molecule has 0 aromatic carbocycles. The second kappa shape index (κ2) is 6.59. The van der Waals surface area contributed by atoms with Crippen molar-refractivity contribution in [1.82, 2.24) is 10.6 Å². The lowest BCUT2D eigenvalue weighted by Gasteiger charge is -2.35. The van der Waals surface area contributed by atoms with Crippen LogP contribution in [0.3, 0.4) is 0 Å². The van der Waals surface area contributed by atoms with Crippen molar-refractivity contribution in [2.45, 2.75) is 70.8 Å². The van der Waals surface area contributed by atoms with Gasteiger partial charge in [-0.2, -0.15) is 13.2 Å². The predicted octanol–water partition coefficient (Wildman–Crippen LogP) is 2.61. The molecular weight excluding hydrogens is 257 g/mol. The molecule has 0 aromatic rings. The van der Waals surface area contributed by atoms with E-state index < -0.39 is 24.2 Å². The second-order valence-corrected chi connectivity index (χ2v) is 5.59. The summed E-state index contributed by atoms with van der Waals surface area (Å²) in [6.07, 6.45) is -2.17. The Kier molecular flexibility index (Phi) is 5.64. The molecule has 112 valence electrons. The monoisotopic (exact) mass is 280 g/mol. The smallest absolute Gasteiger partial charge is 0.353 e. The molecule has 1 rings (SSSR count). The molecule has 1 aliphatic carbocycles. The van der Waals surface area contributed by atoms with Gasteiger partial charge in [-0.15, -0.1) is 0 Å². The molecule has 6 heteroatoms. The Morgan fingerprint density at radius 2 is 1.74 bits per heavy atom. The van der Waals surface area contributed by atoms with Crippen LogP contribution >= 0.6 is 0 Å². The zero-order valence-electron chi connectivity index (χ0n) is 11.7. The number of nitrogens with one attached hydrogen (secondary N) is 2. The first-order valence-corrected chi connectivity index (χ1v) is 6.85. The second-order valence-electron chi connectivity index (χ2n) is 5.59. The van der Waals surface area contributed by atoms with Crippen molar-refractivity contribution in [2.24, 2.45) is 5.92 Å². The Bertz CT molecular complexity index is 305.